The molecular weight excluding hydrogens is 336 g/mol. The molecule has 2 heterocycles. The quantitative estimate of drug-likeness (QED) is 0.746. The molecule has 0 spiro atoms. The number of nitrogens with zero attached hydrogens (tertiary/aromatic N) is 3. The lowest BCUT2D eigenvalue weighted by Crippen LogP contribution is -2.32. The van der Waals surface area contributed by atoms with Gasteiger partial charge < -0.3 is 15.0 Å². The van der Waals surface area contributed by atoms with E-state index in [9.17, 15) is 0 Å². The highest BCUT2D eigenvalue weighted by Gasteiger charge is 2.19. The number of hydrogen-bond acceptors (Lipinski definition) is 5. The molecule has 5 nitrogen and oxygen atoms in total. The third kappa shape index (κ3) is 5.63. The summed E-state index contributed by atoms with van der Waals surface area (Å²) in [5.74, 6) is 0.886. The first-order valence-corrected chi connectivity index (χ1v) is 10.4. The summed E-state index contributed by atoms with van der Waals surface area (Å²) in [5.41, 5.74) is 3.37. The fourth-order valence-corrected chi connectivity index (χ4v) is 3.72. The van der Waals surface area contributed by atoms with E-state index < -0.39 is 0 Å². The molecule has 1 aliphatic heterocycles. The van der Waals surface area contributed by atoms with Crippen LogP contribution in [-0.4, -0.2) is 48.4 Å². The minimum atomic E-state index is 0.325. The van der Waals surface area contributed by atoms with Crippen LogP contribution in [0.15, 0.2) is 18.2 Å². The maximum atomic E-state index is 5.62. The Kier molecular flexibility index (Phi) is 7.02. The Labute approximate surface area is 163 Å². The van der Waals surface area contributed by atoms with Crippen LogP contribution in [0.5, 0.6) is 0 Å². The van der Waals surface area contributed by atoms with Crippen molar-refractivity contribution in [1.29, 1.82) is 0 Å². The average Bonchev–Trinajstić information content (AvgIpc) is 2.86. The molecule has 1 fully saturated rings. The second-order valence-corrected chi connectivity index (χ2v) is 7.97. The Morgan fingerprint density at radius 3 is 2.85 bits per heavy atom. The standard InChI is InChI=1S/C22H34N4O/c1-16(2)27-14-6-11-23-19-7-5-12-26(13-10-19)22-24-18(4)20-9-8-17(3)15-21(20)25-22/h8-9,15-16,19,23H,5-7,10-14H2,1-4H3/t19-/m1/s1. The first-order chi connectivity index (χ1) is 13.0. The molecule has 0 bridgehead atoms. The van der Waals surface area contributed by atoms with Crippen molar-refractivity contribution in [3.8, 4) is 0 Å². The first-order valence-electron chi connectivity index (χ1n) is 10.4. The zero-order valence-corrected chi connectivity index (χ0v) is 17.3. The number of benzene rings is 1. The summed E-state index contributed by atoms with van der Waals surface area (Å²) in [5, 5.41) is 4.86. The molecule has 2 aromatic rings. The monoisotopic (exact) mass is 370 g/mol. The minimum absolute atomic E-state index is 0.325. The summed E-state index contributed by atoms with van der Waals surface area (Å²) in [6.45, 7) is 12.3. The number of rotatable bonds is 7. The van der Waals surface area contributed by atoms with Gasteiger partial charge in [-0.1, -0.05) is 12.1 Å². The predicted molar refractivity (Wildman–Crippen MR) is 113 cm³/mol. The number of hydrogen-bond donors (Lipinski definition) is 1. The second kappa shape index (κ2) is 9.47. The zero-order chi connectivity index (χ0) is 19.2. The molecule has 1 aromatic carbocycles. The van der Waals surface area contributed by atoms with Gasteiger partial charge in [-0.3, -0.25) is 0 Å². The SMILES string of the molecule is Cc1ccc2c(C)nc(N3CCC[C@@H](NCCCOC(C)C)CC3)nc2c1. The number of aromatic nitrogens is 2. The molecule has 0 unspecified atom stereocenters. The molecule has 1 aliphatic rings. The molecule has 0 radical (unpaired) electrons. The van der Waals surface area contributed by atoms with Crippen LogP contribution in [0.25, 0.3) is 10.9 Å². The van der Waals surface area contributed by atoms with Gasteiger partial charge in [0.05, 0.1) is 17.3 Å². The number of aryl methyl sites for hydroxylation is 2. The van der Waals surface area contributed by atoms with Gasteiger partial charge in [0.1, 0.15) is 0 Å². The van der Waals surface area contributed by atoms with E-state index in [1.807, 2.05) is 0 Å². The van der Waals surface area contributed by atoms with Crippen molar-refractivity contribution in [3.63, 3.8) is 0 Å². The van der Waals surface area contributed by atoms with Crippen molar-refractivity contribution >= 4 is 16.9 Å². The molecule has 148 valence electrons. The summed E-state index contributed by atoms with van der Waals surface area (Å²) in [6, 6.07) is 7.01. The highest BCUT2D eigenvalue weighted by Crippen LogP contribution is 2.22. The van der Waals surface area contributed by atoms with Gasteiger partial charge in [0.25, 0.3) is 0 Å². The van der Waals surface area contributed by atoms with Gasteiger partial charge in [-0.25, -0.2) is 9.97 Å². The smallest absolute Gasteiger partial charge is 0.226 e. The fourth-order valence-electron chi connectivity index (χ4n) is 3.72. The predicted octanol–water partition coefficient (Wildman–Crippen LogP) is 4.01. The van der Waals surface area contributed by atoms with Crippen LogP contribution >= 0.6 is 0 Å². The van der Waals surface area contributed by atoms with Crippen molar-refractivity contribution in [2.45, 2.75) is 65.5 Å². The maximum Gasteiger partial charge on any atom is 0.226 e. The third-order valence-corrected chi connectivity index (χ3v) is 5.25. The number of ether oxygens (including phenoxy) is 1. The van der Waals surface area contributed by atoms with Crippen molar-refractivity contribution in [2.24, 2.45) is 0 Å². The average molecular weight is 371 g/mol. The van der Waals surface area contributed by atoms with E-state index in [1.54, 1.807) is 0 Å². The molecule has 1 atom stereocenters. The number of fused-ring (bicyclic) bond motifs is 1. The van der Waals surface area contributed by atoms with E-state index in [4.69, 9.17) is 14.7 Å². The van der Waals surface area contributed by atoms with Gasteiger partial charge in [-0.05, 0) is 71.6 Å². The lowest BCUT2D eigenvalue weighted by Gasteiger charge is -2.22. The molecule has 1 N–H and O–H groups in total. The van der Waals surface area contributed by atoms with Crippen LogP contribution in [0.1, 0.15) is 50.8 Å². The van der Waals surface area contributed by atoms with Gasteiger partial charge in [0.15, 0.2) is 0 Å². The fraction of sp³-hybridized carbons (Fsp3) is 0.636. The molecule has 3 rings (SSSR count). The number of nitrogens with one attached hydrogen (secondary N) is 1. The van der Waals surface area contributed by atoms with E-state index in [2.05, 4.69) is 56.1 Å². The Balaban J connectivity index is 1.57. The molecule has 0 amide bonds. The van der Waals surface area contributed by atoms with Gasteiger partial charge in [-0.2, -0.15) is 0 Å². The summed E-state index contributed by atoms with van der Waals surface area (Å²) in [7, 11) is 0. The second-order valence-electron chi connectivity index (χ2n) is 7.97. The molecule has 1 saturated heterocycles. The summed E-state index contributed by atoms with van der Waals surface area (Å²) < 4.78 is 5.62. The maximum absolute atomic E-state index is 5.62. The van der Waals surface area contributed by atoms with E-state index in [0.29, 0.717) is 12.1 Å². The van der Waals surface area contributed by atoms with E-state index in [0.717, 1.165) is 61.6 Å². The topological polar surface area (TPSA) is 50.3 Å². The third-order valence-electron chi connectivity index (χ3n) is 5.25. The zero-order valence-electron chi connectivity index (χ0n) is 17.3. The van der Waals surface area contributed by atoms with Crippen molar-refractivity contribution < 1.29 is 4.74 Å². The summed E-state index contributed by atoms with van der Waals surface area (Å²) in [6.07, 6.45) is 4.93. The van der Waals surface area contributed by atoms with Crippen molar-refractivity contribution in [2.75, 3.05) is 31.1 Å². The van der Waals surface area contributed by atoms with E-state index >= 15 is 0 Å². The van der Waals surface area contributed by atoms with Gasteiger partial charge in [0.2, 0.25) is 5.95 Å². The van der Waals surface area contributed by atoms with Gasteiger partial charge in [0, 0.05) is 31.1 Å². The molecule has 0 aliphatic carbocycles. The molecule has 0 saturated carbocycles. The Bertz CT molecular complexity index is 746. The highest BCUT2D eigenvalue weighted by molar-refractivity contribution is 5.82. The van der Waals surface area contributed by atoms with Crippen LogP contribution in [0.4, 0.5) is 5.95 Å². The summed E-state index contributed by atoms with van der Waals surface area (Å²) >= 11 is 0. The summed E-state index contributed by atoms with van der Waals surface area (Å²) in [4.78, 5) is 12.0. The first kappa shape index (κ1) is 20.0. The van der Waals surface area contributed by atoms with Crippen LogP contribution < -0.4 is 10.2 Å². The molecule has 1 aromatic heterocycles. The van der Waals surface area contributed by atoms with Crippen molar-refractivity contribution in [3.05, 3.63) is 29.5 Å². The Morgan fingerprint density at radius 2 is 2.04 bits per heavy atom. The number of anilines is 1. The molecule has 27 heavy (non-hydrogen) atoms. The van der Waals surface area contributed by atoms with Crippen molar-refractivity contribution in [1.82, 2.24) is 15.3 Å². The lowest BCUT2D eigenvalue weighted by atomic mass is 10.1. The highest BCUT2D eigenvalue weighted by atomic mass is 16.5. The van der Waals surface area contributed by atoms with Gasteiger partial charge in [-0.15, -0.1) is 0 Å². The van der Waals surface area contributed by atoms with Gasteiger partial charge >= 0.3 is 0 Å². The van der Waals surface area contributed by atoms with E-state index in [-0.39, 0.29) is 0 Å². The van der Waals surface area contributed by atoms with Crippen LogP contribution in [-0.2, 0) is 4.74 Å². The molecule has 5 heteroatoms. The largest absolute Gasteiger partial charge is 0.379 e. The van der Waals surface area contributed by atoms with Crippen LogP contribution in [0, 0.1) is 13.8 Å². The lowest BCUT2D eigenvalue weighted by molar-refractivity contribution is 0.0766. The normalized spacial score (nSPS) is 18.3. The Morgan fingerprint density at radius 1 is 1.19 bits per heavy atom. The van der Waals surface area contributed by atoms with Crippen LogP contribution in [0.3, 0.4) is 0 Å². The van der Waals surface area contributed by atoms with E-state index in [1.165, 1.54) is 18.4 Å². The molecular formula is C22H34N4O. The minimum Gasteiger partial charge on any atom is -0.379 e. The Hall–Kier alpha value is -1.72. The van der Waals surface area contributed by atoms with Crippen LogP contribution in [0.2, 0.25) is 0 Å².